The first-order valence-electron chi connectivity index (χ1n) is 6.03. The Morgan fingerprint density at radius 3 is 1.79 bits per heavy atom. The number of carbonyl (C=O) groups is 3. The molecule has 108 valence electrons. The lowest BCUT2D eigenvalue weighted by Gasteiger charge is -2.35. The van der Waals surface area contributed by atoms with E-state index in [-0.39, 0.29) is 19.5 Å². The van der Waals surface area contributed by atoms with Gasteiger partial charge < -0.3 is 19.8 Å². The van der Waals surface area contributed by atoms with Crippen LogP contribution in [0.25, 0.3) is 0 Å². The molecule has 2 unspecified atom stereocenters. The van der Waals surface area contributed by atoms with Crippen molar-refractivity contribution in [3.63, 3.8) is 0 Å². The summed E-state index contributed by atoms with van der Waals surface area (Å²) in [7, 11) is 0. The molecule has 0 radical (unpaired) electrons. The smallest absolute Gasteiger partial charge is 0.410 e. The molecule has 0 aromatic carbocycles. The van der Waals surface area contributed by atoms with E-state index in [1.807, 2.05) is 0 Å². The fraction of sp³-hybridized carbons (Fsp3) is 0.750. The number of piperidine rings is 1. The van der Waals surface area contributed by atoms with Crippen LogP contribution in [0.5, 0.6) is 0 Å². The Morgan fingerprint density at radius 1 is 1.05 bits per heavy atom. The van der Waals surface area contributed by atoms with E-state index in [1.165, 1.54) is 0 Å². The second-order valence-corrected chi connectivity index (χ2v) is 5.69. The fourth-order valence-electron chi connectivity index (χ4n) is 1.93. The summed E-state index contributed by atoms with van der Waals surface area (Å²) < 4.78 is 5.13. The maximum absolute atomic E-state index is 11.9. The van der Waals surface area contributed by atoms with Crippen molar-refractivity contribution in [2.24, 2.45) is 11.8 Å². The number of aliphatic carboxylic acids is 2. The topological polar surface area (TPSA) is 104 Å². The number of rotatable bonds is 2. The Hall–Kier alpha value is -1.79. The van der Waals surface area contributed by atoms with Crippen molar-refractivity contribution in [2.45, 2.75) is 32.8 Å². The zero-order valence-corrected chi connectivity index (χ0v) is 11.3. The quantitative estimate of drug-likeness (QED) is 0.778. The first kappa shape index (κ1) is 15.3. The zero-order valence-electron chi connectivity index (χ0n) is 11.3. The number of likely N-dealkylation sites (tertiary alicyclic amines) is 1. The lowest BCUT2D eigenvalue weighted by molar-refractivity contribution is -0.149. The summed E-state index contributed by atoms with van der Waals surface area (Å²) in [6.07, 6.45) is -0.644. The molecule has 1 heterocycles. The summed E-state index contributed by atoms with van der Waals surface area (Å²) in [6, 6.07) is 0. The largest absolute Gasteiger partial charge is 0.481 e. The first-order valence-corrected chi connectivity index (χ1v) is 6.03. The molecular weight excluding hydrogens is 254 g/mol. The molecule has 0 bridgehead atoms. The minimum absolute atomic E-state index is 0.0198. The molecule has 7 nitrogen and oxygen atoms in total. The minimum Gasteiger partial charge on any atom is -0.481 e. The van der Waals surface area contributed by atoms with Crippen LogP contribution in [0.4, 0.5) is 4.79 Å². The van der Waals surface area contributed by atoms with Gasteiger partial charge in [-0.3, -0.25) is 9.59 Å². The van der Waals surface area contributed by atoms with Crippen LogP contribution in [0.3, 0.4) is 0 Å². The second-order valence-electron chi connectivity index (χ2n) is 5.69. The summed E-state index contributed by atoms with van der Waals surface area (Å²) in [6.45, 7) is 5.04. The minimum atomic E-state index is -1.10. The lowest BCUT2D eigenvalue weighted by atomic mass is 9.89. The zero-order chi connectivity index (χ0) is 14.8. The predicted octanol–water partition coefficient (Wildman–Crippen LogP) is 1.03. The van der Waals surface area contributed by atoms with E-state index in [0.29, 0.717) is 0 Å². The molecule has 1 amide bonds. The van der Waals surface area contributed by atoms with Gasteiger partial charge >= 0.3 is 18.0 Å². The number of hydrogen-bond donors (Lipinski definition) is 2. The van der Waals surface area contributed by atoms with Crippen molar-refractivity contribution in [1.29, 1.82) is 0 Å². The molecule has 1 aliphatic heterocycles. The van der Waals surface area contributed by atoms with E-state index in [9.17, 15) is 14.4 Å². The molecule has 2 N–H and O–H groups in total. The van der Waals surface area contributed by atoms with Crippen LogP contribution in [-0.4, -0.2) is 51.8 Å². The van der Waals surface area contributed by atoms with E-state index in [2.05, 4.69) is 0 Å². The Kier molecular flexibility index (Phi) is 4.39. The monoisotopic (exact) mass is 273 g/mol. The van der Waals surface area contributed by atoms with Crippen molar-refractivity contribution < 1.29 is 29.3 Å². The average Bonchev–Trinajstić information content (AvgIpc) is 2.25. The maximum Gasteiger partial charge on any atom is 0.410 e. The molecule has 0 aromatic heterocycles. The molecule has 1 fully saturated rings. The van der Waals surface area contributed by atoms with Gasteiger partial charge in [-0.25, -0.2) is 4.79 Å². The van der Waals surface area contributed by atoms with Gasteiger partial charge in [-0.1, -0.05) is 0 Å². The molecule has 1 aliphatic rings. The molecule has 1 saturated heterocycles. The van der Waals surface area contributed by atoms with Gasteiger partial charge in [0.2, 0.25) is 0 Å². The molecule has 0 aromatic rings. The number of carboxylic acids is 2. The van der Waals surface area contributed by atoms with Crippen molar-refractivity contribution in [2.75, 3.05) is 13.1 Å². The highest BCUT2D eigenvalue weighted by Gasteiger charge is 2.38. The van der Waals surface area contributed by atoms with E-state index < -0.39 is 35.5 Å². The van der Waals surface area contributed by atoms with Crippen molar-refractivity contribution in [1.82, 2.24) is 4.90 Å². The first-order chi connectivity index (χ1) is 8.60. The second kappa shape index (κ2) is 5.46. The summed E-state index contributed by atoms with van der Waals surface area (Å²) in [5, 5.41) is 18.0. The number of carbonyl (C=O) groups excluding carboxylic acids is 1. The summed E-state index contributed by atoms with van der Waals surface area (Å²) >= 11 is 0. The van der Waals surface area contributed by atoms with E-state index >= 15 is 0 Å². The van der Waals surface area contributed by atoms with E-state index in [1.54, 1.807) is 20.8 Å². The van der Waals surface area contributed by atoms with Gasteiger partial charge in [0.05, 0.1) is 11.8 Å². The highest BCUT2D eigenvalue weighted by Crippen LogP contribution is 2.24. The Balaban J connectivity index is 2.79. The number of hydrogen-bond acceptors (Lipinski definition) is 4. The fourth-order valence-corrected chi connectivity index (χ4v) is 1.93. The third-order valence-electron chi connectivity index (χ3n) is 2.80. The van der Waals surface area contributed by atoms with Crippen LogP contribution in [0, 0.1) is 11.8 Å². The van der Waals surface area contributed by atoms with E-state index in [4.69, 9.17) is 14.9 Å². The number of nitrogens with zero attached hydrogens (tertiary/aromatic N) is 1. The Morgan fingerprint density at radius 2 is 1.47 bits per heavy atom. The molecule has 0 spiro atoms. The number of carboxylic acid groups (broad SMARTS) is 2. The summed E-state index contributed by atoms with van der Waals surface area (Å²) in [5.41, 5.74) is -0.702. The van der Waals surface area contributed by atoms with Crippen LogP contribution >= 0.6 is 0 Å². The van der Waals surface area contributed by atoms with E-state index in [0.717, 1.165) is 4.90 Å². The highest BCUT2D eigenvalue weighted by molar-refractivity contribution is 5.77. The van der Waals surface area contributed by atoms with Gasteiger partial charge in [-0.15, -0.1) is 0 Å². The van der Waals surface area contributed by atoms with Gasteiger partial charge in [0.15, 0.2) is 0 Å². The van der Waals surface area contributed by atoms with Gasteiger partial charge in [-0.05, 0) is 27.2 Å². The molecule has 2 atom stereocenters. The molecule has 0 saturated carbocycles. The summed E-state index contributed by atoms with van der Waals surface area (Å²) in [5.74, 6) is -3.94. The highest BCUT2D eigenvalue weighted by atomic mass is 16.6. The normalized spacial score (nSPS) is 23.8. The van der Waals surface area contributed by atoms with Crippen molar-refractivity contribution in [3.05, 3.63) is 0 Å². The Labute approximate surface area is 111 Å². The van der Waals surface area contributed by atoms with Crippen LogP contribution in [0.2, 0.25) is 0 Å². The van der Waals surface area contributed by atoms with Gasteiger partial charge in [0.1, 0.15) is 5.60 Å². The van der Waals surface area contributed by atoms with Crippen LogP contribution in [0.15, 0.2) is 0 Å². The molecule has 0 aliphatic carbocycles. The van der Waals surface area contributed by atoms with Crippen molar-refractivity contribution >= 4 is 18.0 Å². The van der Waals surface area contributed by atoms with Crippen LogP contribution in [0.1, 0.15) is 27.2 Å². The number of amides is 1. The lowest BCUT2D eigenvalue weighted by Crippen LogP contribution is -2.49. The van der Waals surface area contributed by atoms with Gasteiger partial charge in [0.25, 0.3) is 0 Å². The third-order valence-corrected chi connectivity index (χ3v) is 2.80. The summed E-state index contributed by atoms with van der Waals surface area (Å²) in [4.78, 5) is 35.0. The maximum atomic E-state index is 11.9. The Bertz CT molecular complexity index is 364. The van der Waals surface area contributed by atoms with Crippen LogP contribution in [-0.2, 0) is 14.3 Å². The van der Waals surface area contributed by atoms with Gasteiger partial charge in [-0.2, -0.15) is 0 Å². The molecule has 7 heteroatoms. The van der Waals surface area contributed by atoms with Gasteiger partial charge in [0, 0.05) is 13.1 Å². The molecule has 1 rings (SSSR count). The van der Waals surface area contributed by atoms with Crippen LogP contribution < -0.4 is 0 Å². The molecule has 19 heavy (non-hydrogen) atoms. The molecular formula is C12H19NO6. The average molecular weight is 273 g/mol. The standard InChI is InChI=1S/C12H19NO6/c1-12(2,3)19-11(18)13-5-7(9(14)15)4-8(6-13)10(16)17/h7-8H,4-6H2,1-3H3,(H,14,15)(H,16,17). The third kappa shape index (κ3) is 4.42. The SMILES string of the molecule is CC(C)(C)OC(=O)N1CC(C(=O)O)CC(C(=O)O)C1. The van der Waals surface area contributed by atoms with Crippen molar-refractivity contribution in [3.8, 4) is 0 Å². The number of ether oxygens (including phenoxy) is 1. The predicted molar refractivity (Wildman–Crippen MR) is 64.7 cm³/mol.